The summed E-state index contributed by atoms with van der Waals surface area (Å²) in [6, 6.07) is -0.636. The molecule has 0 aromatic heterocycles. The molecule has 0 fully saturated rings. The maximum atomic E-state index is 12.3. The van der Waals surface area contributed by atoms with Crippen molar-refractivity contribution in [2.75, 3.05) is 6.61 Å². The zero-order valence-corrected chi connectivity index (χ0v) is 34.1. The third-order valence-corrected chi connectivity index (χ3v) is 10.0. The summed E-state index contributed by atoms with van der Waals surface area (Å²) in [5.41, 5.74) is 0. The molecule has 2 unspecified atom stereocenters. The zero-order chi connectivity index (χ0) is 37.1. The zero-order valence-electron chi connectivity index (χ0n) is 34.1. The Bertz CT molecular complexity index is 816. The van der Waals surface area contributed by atoms with Crippen molar-refractivity contribution >= 4 is 5.91 Å². The third-order valence-electron chi connectivity index (χ3n) is 10.0. The number of aliphatic hydroxyl groups is 2. The number of aliphatic hydroxyl groups excluding tert-OH is 2. The van der Waals surface area contributed by atoms with Crippen LogP contribution in [-0.4, -0.2) is 34.9 Å². The van der Waals surface area contributed by atoms with Crippen molar-refractivity contribution in [3.05, 3.63) is 48.6 Å². The predicted octanol–water partition coefficient (Wildman–Crippen LogP) is 14.0. The van der Waals surface area contributed by atoms with E-state index in [2.05, 4.69) is 55.6 Å². The van der Waals surface area contributed by atoms with Gasteiger partial charge in [0.15, 0.2) is 0 Å². The van der Waals surface area contributed by atoms with E-state index < -0.39 is 12.1 Å². The van der Waals surface area contributed by atoms with Gasteiger partial charge in [0.25, 0.3) is 0 Å². The van der Waals surface area contributed by atoms with Crippen LogP contribution in [0.3, 0.4) is 0 Å². The monoisotopic (exact) mass is 714 g/mol. The average Bonchev–Trinajstić information content (AvgIpc) is 3.13. The molecule has 3 N–H and O–H groups in total. The van der Waals surface area contributed by atoms with E-state index in [1.54, 1.807) is 6.08 Å². The van der Waals surface area contributed by atoms with Crippen LogP contribution >= 0.6 is 0 Å². The van der Waals surface area contributed by atoms with Gasteiger partial charge in [-0.25, -0.2) is 0 Å². The Hall–Kier alpha value is -1.65. The number of hydrogen-bond acceptors (Lipinski definition) is 3. The fourth-order valence-electron chi connectivity index (χ4n) is 6.58. The number of hydrogen-bond donors (Lipinski definition) is 3. The third kappa shape index (κ3) is 39.4. The first-order valence-corrected chi connectivity index (χ1v) is 22.4. The largest absolute Gasteiger partial charge is 0.394 e. The van der Waals surface area contributed by atoms with Gasteiger partial charge >= 0.3 is 0 Å². The Kier molecular flexibility index (Phi) is 41.4. The standard InChI is InChI=1S/C47H87NO3/c1-3-5-7-9-11-13-15-16-17-18-19-20-21-22-23-24-25-26-27-28-29-30-31-32-33-35-37-39-41-43-47(51)48-45(44-49)46(50)42-40-38-36-34-14-12-10-8-6-4-2/h14-16,18-19,34,40,42,45-46,49-50H,3-13,17,20-33,35-39,41,43-44H2,1-2H3,(H,48,51)/b16-15-,19-18-,34-14+,42-40+. The van der Waals surface area contributed by atoms with Crippen LogP contribution in [-0.2, 0) is 4.79 Å². The van der Waals surface area contributed by atoms with Crippen LogP contribution < -0.4 is 5.32 Å². The number of nitrogens with one attached hydrogen (secondary N) is 1. The topological polar surface area (TPSA) is 69.6 Å². The lowest BCUT2D eigenvalue weighted by Gasteiger charge is -2.19. The second-order valence-corrected chi connectivity index (χ2v) is 15.1. The minimum atomic E-state index is -0.859. The fourth-order valence-corrected chi connectivity index (χ4v) is 6.58. The molecular weight excluding hydrogens is 627 g/mol. The van der Waals surface area contributed by atoms with Gasteiger partial charge in [0, 0.05) is 6.42 Å². The molecule has 0 aliphatic carbocycles. The summed E-state index contributed by atoms with van der Waals surface area (Å²) in [5.74, 6) is -0.0756. The number of carbonyl (C=O) groups is 1. The highest BCUT2D eigenvalue weighted by atomic mass is 16.3. The Morgan fingerprint density at radius 1 is 0.471 bits per heavy atom. The molecule has 0 aromatic carbocycles. The second kappa shape index (κ2) is 42.8. The van der Waals surface area contributed by atoms with Gasteiger partial charge in [-0.2, -0.15) is 0 Å². The summed E-state index contributed by atoms with van der Waals surface area (Å²) in [4.78, 5) is 12.3. The van der Waals surface area contributed by atoms with Crippen LogP contribution in [0.1, 0.15) is 226 Å². The first kappa shape index (κ1) is 49.4. The average molecular weight is 714 g/mol. The summed E-state index contributed by atoms with van der Waals surface area (Å²) in [5, 5.41) is 22.9. The highest BCUT2D eigenvalue weighted by Gasteiger charge is 2.17. The second-order valence-electron chi connectivity index (χ2n) is 15.1. The Morgan fingerprint density at radius 2 is 0.824 bits per heavy atom. The van der Waals surface area contributed by atoms with E-state index in [4.69, 9.17) is 0 Å². The van der Waals surface area contributed by atoms with Crippen LogP contribution in [0.25, 0.3) is 0 Å². The SMILES string of the molecule is CCCCCC/C=C/CC/C=C/C(O)C(CO)NC(=O)CCCCCCCCCCCCCCCCCCC/C=C\C/C=C\CCCCCCC. The molecule has 1 amide bonds. The number of allylic oxidation sites excluding steroid dienone is 7. The van der Waals surface area contributed by atoms with Gasteiger partial charge in [-0.1, -0.05) is 204 Å². The smallest absolute Gasteiger partial charge is 0.220 e. The van der Waals surface area contributed by atoms with Crippen molar-refractivity contribution in [1.29, 1.82) is 0 Å². The van der Waals surface area contributed by atoms with Gasteiger partial charge in [0.05, 0.1) is 18.8 Å². The first-order valence-electron chi connectivity index (χ1n) is 22.4. The van der Waals surface area contributed by atoms with Gasteiger partial charge in [-0.15, -0.1) is 0 Å². The molecule has 0 saturated heterocycles. The molecule has 4 nitrogen and oxygen atoms in total. The summed E-state index contributed by atoms with van der Waals surface area (Å²) in [7, 11) is 0. The molecule has 51 heavy (non-hydrogen) atoms. The summed E-state index contributed by atoms with van der Waals surface area (Å²) in [6.07, 6.45) is 58.1. The van der Waals surface area contributed by atoms with Gasteiger partial charge in [-0.3, -0.25) is 4.79 Å². The van der Waals surface area contributed by atoms with Crippen LogP contribution in [0.5, 0.6) is 0 Å². The Morgan fingerprint density at radius 3 is 1.27 bits per heavy atom. The lowest BCUT2D eigenvalue weighted by Crippen LogP contribution is -2.45. The van der Waals surface area contributed by atoms with E-state index in [1.165, 1.54) is 167 Å². The van der Waals surface area contributed by atoms with Gasteiger partial charge in [0.1, 0.15) is 0 Å². The van der Waals surface area contributed by atoms with Crippen molar-refractivity contribution in [3.63, 3.8) is 0 Å². The van der Waals surface area contributed by atoms with Crippen LogP contribution in [0.4, 0.5) is 0 Å². The van der Waals surface area contributed by atoms with Crippen LogP contribution in [0.15, 0.2) is 48.6 Å². The molecule has 0 aromatic rings. The molecule has 0 spiro atoms. The lowest BCUT2D eigenvalue weighted by atomic mass is 10.0. The molecule has 0 rings (SSSR count). The van der Waals surface area contributed by atoms with E-state index >= 15 is 0 Å². The summed E-state index contributed by atoms with van der Waals surface area (Å²) < 4.78 is 0. The van der Waals surface area contributed by atoms with Crippen molar-refractivity contribution in [2.24, 2.45) is 0 Å². The summed E-state index contributed by atoms with van der Waals surface area (Å²) in [6.45, 7) is 4.25. The van der Waals surface area contributed by atoms with E-state index in [0.29, 0.717) is 6.42 Å². The van der Waals surface area contributed by atoms with Crippen LogP contribution in [0.2, 0.25) is 0 Å². The molecule has 0 bridgehead atoms. The van der Waals surface area contributed by atoms with Crippen molar-refractivity contribution in [1.82, 2.24) is 5.32 Å². The molecule has 0 aliphatic rings. The highest BCUT2D eigenvalue weighted by molar-refractivity contribution is 5.76. The molecular formula is C47H87NO3. The van der Waals surface area contributed by atoms with Gasteiger partial charge in [-0.05, 0) is 64.2 Å². The predicted molar refractivity (Wildman–Crippen MR) is 225 cm³/mol. The maximum Gasteiger partial charge on any atom is 0.220 e. The molecule has 0 saturated carbocycles. The quantitative estimate of drug-likeness (QED) is 0.0437. The molecule has 0 aliphatic heterocycles. The minimum absolute atomic E-state index is 0.0756. The normalized spacial score (nSPS) is 13.4. The minimum Gasteiger partial charge on any atom is -0.394 e. The number of amides is 1. The fraction of sp³-hybridized carbons (Fsp3) is 0.809. The molecule has 2 atom stereocenters. The number of unbranched alkanes of at least 4 members (excludes halogenated alkanes) is 27. The van der Waals surface area contributed by atoms with E-state index in [-0.39, 0.29) is 12.5 Å². The maximum absolute atomic E-state index is 12.3. The van der Waals surface area contributed by atoms with E-state index in [9.17, 15) is 15.0 Å². The molecule has 0 radical (unpaired) electrons. The first-order chi connectivity index (χ1) is 25.2. The number of carbonyl (C=O) groups excluding carboxylic acids is 1. The highest BCUT2D eigenvalue weighted by Crippen LogP contribution is 2.15. The van der Waals surface area contributed by atoms with Crippen molar-refractivity contribution in [3.8, 4) is 0 Å². The van der Waals surface area contributed by atoms with Crippen molar-refractivity contribution in [2.45, 2.75) is 238 Å². The van der Waals surface area contributed by atoms with Gasteiger partial charge in [0.2, 0.25) is 5.91 Å². The number of rotatable bonds is 40. The van der Waals surface area contributed by atoms with Crippen molar-refractivity contribution < 1.29 is 15.0 Å². The molecule has 0 heterocycles. The Balaban J connectivity index is 3.47. The van der Waals surface area contributed by atoms with Gasteiger partial charge < -0.3 is 15.5 Å². The van der Waals surface area contributed by atoms with Crippen LogP contribution in [0, 0.1) is 0 Å². The molecule has 298 valence electrons. The lowest BCUT2D eigenvalue weighted by molar-refractivity contribution is -0.123. The van der Waals surface area contributed by atoms with E-state index in [0.717, 1.165) is 38.5 Å². The molecule has 4 heteroatoms. The van der Waals surface area contributed by atoms with E-state index in [1.807, 2.05) is 6.08 Å². The summed E-state index contributed by atoms with van der Waals surface area (Å²) >= 11 is 0. The Labute approximate surface area is 318 Å².